The van der Waals surface area contributed by atoms with Crippen LogP contribution in [0.25, 0.3) is 11.4 Å². The van der Waals surface area contributed by atoms with Gasteiger partial charge in [0.1, 0.15) is 5.75 Å². The van der Waals surface area contributed by atoms with Crippen molar-refractivity contribution in [2.45, 2.75) is 39.2 Å². The number of aromatic nitrogens is 2. The summed E-state index contributed by atoms with van der Waals surface area (Å²) in [5.41, 5.74) is 4.33. The lowest BCUT2D eigenvalue weighted by molar-refractivity contribution is -0.129. The molecule has 1 amide bonds. The Bertz CT molecular complexity index is 1030. The molecule has 1 saturated heterocycles. The van der Waals surface area contributed by atoms with Gasteiger partial charge in [0.15, 0.2) is 0 Å². The first kappa shape index (κ1) is 19.2. The lowest BCUT2D eigenvalue weighted by atomic mass is 10.1. The summed E-state index contributed by atoms with van der Waals surface area (Å²) in [6.45, 7) is 6.70. The number of amides is 1. The summed E-state index contributed by atoms with van der Waals surface area (Å²) >= 11 is 0. The molecule has 2 aromatic carbocycles. The van der Waals surface area contributed by atoms with Crippen molar-refractivity contribution in [2.75, 3.05) is 13.7 Å². The van der Waals surface area contributed by atoms with Gasteiger partial charge in [-0.3, -0.25) is 4.79 Å². The van der Waals surface area contributed by atoms with Crippen molar-refractivity contribution in [1.29, 1.82) is 0 Å². The SMILES string of the molecule is COc1ccc(C(C)N2CC(c3nc(-c4ccc(C)cc4C)no3)CC2=O)cc1. The van der Waals surface area contributed by atoms with E-state index in [2.05, 4.69) is 23.1 Å². The normalized spacial score (nSPS) is 17.6. The number of carbonyl (C=O) groups excluding carboxylic acids is 1. The Balaban J connectivity index is 1.51. The lowest BCUT2D eigenvalue weighted by Crippen LogP contribution is -2.28. The number of hydrogen-bond acceptors (Lipinski definition) is 5. The zero-order valence-corrected chi connectivity index (χ0v) is 17.2. The van der Waals surface area contributed by atoms with Crippen molar-refractivity contribution < 1.29 is 14.1 Å². The Morgan fingerprint density at radius 2 is 1.93 bits per heavy atom. The van der Waals surface area contributed by atoms with Crippen LogP contribution in [-0.4, -0.2) is 34.6 Å². The van der Waals surface area contributed by atoms with E-state index in [9.17, 15) is 4.79 Å². The minimum atomic E-state index is -0.0878. The van der Waals surface area contributed by atoms with Crippen LogP contribution in [0, 0.1) is 13.8 Å². The predicted octanol–water partition coefficient (Wildman–Crippen LogP) is 4.44. The van der Waals surface area contributed by atoms with E-state index >= 15 is 0 Å². The number of likely N-dealkylation sites (tertiary alicyclic amines) is 1. The molecule has 1 fully saturated rings. The van der Waals surface area contributed by atoms with Crippen molar-refractivity contribution in [3.63, 3.8) is 0 Å². The molecule has 2 unspecified atom stereocenters. The summed E-state index contributed by atoms with van der Waals surface area (Å²) in [5.74, 6) is 1.92. The molecule has 3 aromatic rings. The molecule has 0 aliphatic carbocycles. The third-order valence-corrected chi connectivity index (χ3v) is 5.64. The Morgan fingerprint density at radius 3 is 2.62 bits per heavy atom. The Hall–Kier alpha value is -3.15. The summed E-state index contributed by atoms with van der Waals surface area (Å²) in [4.78, 5) is 19.2. The van der Waals surface area contributed by atoms with Crippen LogP contribution in [0.4, 0.5) is 0 Å². The zero-order valence-electron chi connectivity index (χ0n) is 17.2. The fourth-order valence-electron chi connectivity index (χ4n) is 3.91. The van der Waals surface area contributed by atoms with Gasteiger partial charge in [-0.1, -0.05) is 41.1 Å². The standard InChI is InChI=1S/C23H25N3O3/c1-14-5-10-20(15(2)11-14)22-24-23(29-25-22)18-12-21(27)26(13-18)16(3)17-6-8-19(28-4)9-7-17/h5-11,16,18H,12-13H2,1-4H3. The van der Waals surface area contributed by atoms with Gasteiger partial charge in [0.2, 0.25) is 17.6 Å². The predicted molar refractivity (Wildman–Crippen MR) is 110 cm³/mol. The van der Waals surface area contributed by atoms with E-state index in [4.69, 9.17) is 9.26 Å². The van der Waals surface area contributed by atoms with Gasteiger partial charge in [-0.05, 0) is 44.0 Å². The second kappa shape index (κ2) is 7.70. The molecule has 150 valence electrons. The highest BCUT2D eigenvalue weighted by Gasteiger charge is 2.37. The van der Waals surface area contributed by atoms with Gasteiger partial charge in [0.05, 0.1) is 19.1 Å². The summed E-state index contributed by atoms with van der Waals surface area (Å²) in [7, 11) is 1.64. The van der Waals surface area contributed by atoms with Gasteiger partial charge in [-0.15, -0.1) is 0 Å². The first-order valence-corrected chi connectivity index (χ1v) is 9.81. The first-order chi connectivity index (χ1) is 14.0. The second-order valence-corrected chi connectivity index (χ2v) is 7.67. The highest BCUT2D eigenvalue weighted by Crippen LogP contribution is 2.34. The molecular formula is C23H25N3O3. The molecule has 1 aliphatic heterocycles. The fraction of sp³-hybridized carbons (Fsp3) is 0.348. The number of aryl methyl sites for hydroxylation is 2. The van der Waals surface area contributed by atoms with E-state index < -0.39 is 0 Å². The van der Waals surface area contributed by atoms with E-state index in [1.165, 1.54) is 5.56 Å². The smallest absolute Gasteiger partial charge is 0.232 e. The molecular weight excluding hydrogens is 366 g/mol. The van der Waals surface area contributed by atoms with Crippen LogP contribution in [0.2, 0.25) is 0 Å². The minimum absolute atomic E-state index is 0.0276. The molecule has 0 radical (unpaired) electrons. The van der Waals surface area contributed by atoms with Gasteiger partial charge in [0.25, 0.3) is 0 Å². The average molecular weight is 391 g/mol. The summed E-state index contributed by atoms with van der Waals surface area (Å²) < 4.78 is 10.8. The zero-order chi connectivity index (χ0) is 20.5. The van der Waals surface area contributed by atoms with Gasteiger partial charge in [-0.2, -0.15) is 4.98 Å². The van der Waals surface area contributed by atoms with Crippen LogP contribution in [-0.2, 0) is 4.79 Å². The number of nitrogens with zero attached hydrogens (tertiary/aromatic N) is 3. The van der Waals surface area contributed by atoms with Crippen molar-refractivity contribution in [3.05, 3.63) is 65.0 Å². The molecule has 0 bridgehead atoms. The molecule has 1 aromatic heterocycles. The summed E-state index contributed by atoms with van der Waals surface area (Å²) in [5, 5.41) is 4.16. The van der Waals surface area contributed by atoms with Crippen LogP contribution in [0.3, 0.4) is 0 Å². The minimum Gasteiger partial charge on any atom is -0.497 e. The first-order valence-electron chi connectivity index (χ1n) is 9.81. The van der Waals surface area contributed by atoms with Gasteiger partial charge >= 0.3 is 0 Å². The number of methoxy groups -OCH3 is 1. The van der Waals surface area contributed by atoms with E-state index in [-0.39, 0.29) is 17.9 Å². The summed E-state index contributed by atoms with van der Waals surface area (Å²) in [6.07, 6.45) is 0.384. The average Bonchev–Trinajstić information content (AvgIpc) is 3.34. The van der Waals surface area contributed by atoms with E-state index in [1.807, 2.05) is 55.1 Å². The third-order valence-electron chi connectivity index (χ3n) is 5.64. The molecule has 29 heavy (non-hydrogen) atoms. The maximum Gasteiger partial charge on any atom is 0.232 e. The molecule has 6 nitrogen and oxygen atoms in total. The Labute approximate surface area is 170 Å². The fourth-order valence-corrected chi connectivity index (χ4v) is 3.91. The number of hydrogen-bond donors (Lipinski definition) is 0. The highest BCUT2D eigenvalue weighted by molar-refractivity contribution is 5.80. The van der Waals surface area contributed by atoms with Crippen molar-refractivity contribution in [3.8, 4) is 17.1 Å². The third kappa shape index (κ3) is 3.75. The molecule has 4 rings (SSSR count). The van der Waals surface area contributed by atoms with Crippen LogP contribution in [0.15, 0.2) is 47.0 Å². The number of benzene rings is 2. The van der Waals surface area contributed by atoms with Crippen molar-refractivity contribution in [1.82, 2.24) is 15.0 Å². The topological polar surface area (TPSA) is 68.5 Å². The Kier molecular flexibility index (Phi) is 5.09. The van der Waals surface area contributed by atoms with E-state index in [0.29, 0.717) is 24.7 Å². The lowest BCUT2D eigenvalue weighted by Gasteiger charge is -2.25. The molecule has 1 aliphatic rings. The van der Waals surface area contributed by atoms with Crippen molar-refractivity contribution >= 4 is 5.91 Å². The monoisotopic (exact) mass is 391 g/mol. The molecule has 0 saturated carbocycles. The van der Waals surface area contributed by atoms with Crippen LogP contribution in [0.1, 0.15) is 47.9 Å². The molecule has 6 heteroatoms. The van der Waals surface area contributed by atoms with Gasteiger partial charge in [0, 0.05) is 18.5 Å². The van der Waals surface area contributed by atoms with E-state index in [0.717, 1.165) is 22.4 Å². The van der Waals surface area contributed by atoms with Gasteiger partial charge in [-0.25, -0.2) is 0 Å². The molecule has 0 spiro atoms. The molecule has 2 heterocycles. The van der Waals surface area contributed by atoms with Crippen LogP contribution < -0.4 is 4.74 Å². The van der Waals surface area contributed by atoms with Gasteiger partial charge < -0.3 is 14.2 Å². The quantitative estimate of drug-likeness (QED) is 0.643. The Morgan fingerprint density at radius 1 is 1.17 bits per heavy atom. The number of rotatable bonds is 5. The second-order valence-electron chi connectivity index (χ2n) is 7.67. The maximum absolute atomic E-state index is 12.7. The summed E-state index contributed by atoms with van der Waals surface area (Å²) in [6, 6.07) is 13.9. The van der Waals surface area contributed by atoms with Crippen LogP contribution in [0.5, 0.6) is 5.75 Å². The molecule has 2 atom stereocenters. The van der Waals surface area contributed by atoms with E-state index in [1.54, 1.807) is 7.11 Å². The molecule has 0 N–H and O–H groups in total. The maximum atomic E-state index is 12.7. The van der Waals surface area contributed by atoms with Crippen LogP contribution >= 0.6 is 0 Å². The van der Waals surface area contributed by atoms with Crippen molar-refractivity contribution in [2.24, 2.45) is 0 Å². The number of ether oxygens (including phenoxy) is 1. The highest BCUT2D eigenvalue weighted by atomic mass is 16.5. The number of carbonyl (C=O) groups is 1. The largest absolute Gasteiger partial charge is 0.497 e.